The Hall–Kier alpha value is -3.87. The van der Waals surface area contributed by atoms with Gasteiger partial charge in [-0.05, 0) is 54.1 Å². The highest BCUT2D eigenvalue weighted by Crippen LogP contribution is 2.42. The summed E-state index contributed by atoms with van der Waals surface area (Å²) in [6, 6.07) is 25.9. The molecule has 8 heteroatoms. The van der Waals surface area contributed by atoms with Gasteiger partial charge in [0.15, 0.2) is 0 Å². The summed E-state index contributed by atoms with van der Waals surface area (Å²) in [6.07, 6.45) is -0.306. The number of nitrogens with zero attached hydrogens (tertiary/aromatic N) is 2. The van der Waals surface area contributed by atoms with E-state index in [-0.39, 0.29) is 36.2 Å². The van der Waals surface area contributed by atoms with Crippen LogP contribution in [0.15, 0.2) is 78.9 Å². The molecule has 0 aliphatic carbocycles. The second-order valence-electron chi connectivity index (χ2n) is 10.7. The number of carbonyl (C=O) groups excluding carboxylic acids is 1. The highest BCUT2D eigenvalue weighted by Gasteiger charge is 2.52. The van der Waals surface area contributed by atoms with E-state index in [4.69, 9.17) is 19.9 Å². The van der Waals surface area contributed by atoms with E-state index in [1.54, 1.807) is 7.11 Å². The maximum Gasteiger partial charge on any atom is 0.321 e. The molecule has 0 saturated carbocycles. The van der Waals surface area contributed by atoms with Gasteiger partial charge in [-0.15, -0.1) is 0 Å². The van der Waals surface area contributed by atoms with Crippen molar-refractivity contribution in [2.75, 3.05) is 51.8 Å². The molecule has 3 aromatic carbocycles. The molecular formula is C33H36N4O4. The Bertz CT molecular complexity index is 1390. The third kappa shape index (κ3) is 5.95. The van der Waals surface area contributed by atoms with Gasteiger partial charge < -0.3 is 30.2 Å². The molecule has 41 heavy (non-hydrogen) atoms. The van der Waals surface area contributed by atoms with E-state index in [0.29, 0.717) is 38.5 Å². The van der Waals surface area contributed by atoms with Gasteiger partial charge in [0, 0.05) is 54.5 Å². The lowest BCUT2D eigenvalue weighted by Gasteiger charge is -2.59. The average Bonchev–Trinajstić information content (AvgIpc) is 3.01. The summed E-state index contributed by atoms with van der Waals surface area (Å²) in [5.74, 6) is 7.42. The van der Waals surface area contributed by atoms with E-state index in [0.717, 1.165) is 23.4 Å². The molecule has 3 aliphatic heterocycles. The van der Waals surface area contributed by atoms with Crippen molar-refractivity contribution in [1.82, 2.24) is 9.80 Å². The van der Waals surface area contributed by atoms with E-state index < -0.39 is 0 Å². The van der Waals surface area contributed by atoms with E-state index in [1.807, 2.05) is 59.5 Å². The number of methoxy groups -OCH3 is 1. The molecule has 5 atom stereocenters. The predicted octanol–water partition coefficient (Wildman–Crippen LogP) is 3.52. The van der Waals surface area contributed by atoms with Crippen LogP contribution in [-0.4, -0.2) is 86.6 Å². The Labute approximate surface area is 241 Å². The molecule has 3 aliphatic rings. The molecule has 8 nitrogen and oxygen atoms in total. The summed E-state index contributed by atoms with van der Waals surface area (Å²) in [5, 5.41) is 3.06. The molecular weight excluding hydrogens is 516 g/mol. The highest BCUT2D eigenvalue weighted by atomic mass is 16.6. The standard InChI is InChI=1S/C33H36N4O4/c1-39-27-15-13-26(14-16-27)35-33(38)36-20-29-32(28(19-34)37(29)22-31-30(21-36)40-17-18-41-31)25-11-9-24(10-12-25)8-7-23-5-3-2-4-6-23/h2-6,9-16,28-32H,17-22,34H2,1H3,(H,35,38)/t28-,29+,30-,31+,32+/m1/s1. The largest absolute Gasteiger partial charge is 0.497 e. The summed E-state index contributed by atoms with van der Waals surface area (Å²) < 4.78 is 17.5. The fraction of sp³-hybridized carbons (Fsp3) is 0.364. The number of nitrogens with two attached hydrogens (primary N) is 1. The number of anilines is 1. The lowest BCUT2D eigenvalue weighted by molar-refractivity contribution is -0.178. The topological polar surface area (TPSA) is 89.3 Å². The van der Waals surface area contributed by atoms with Crippen LogP contribution in [0.1, 0.15) is 22.6 Å². The van der Waals surface area contributed by atoms with Crippen molar-refractivity contribution in [3.05, 3.63) is 95.6 Å². The van der Waals surface area contributed by atoms with Crippen molar-refractivity contribution in [2.24, 2.45) is 5.73 Å². The van der Waals surface area contributed by atoms with Crippen molar-refractivity contribution >= 4 is 11.7 Å². The number of benzene rings is 3. The van der Waals surface area contributed by atoms with Gasteiger partial charge in [-0.3, -0.25) is 4.90 Å². The van der Waals surface area contributed by atoms with Crippen LogP contribution in [-0.2, 0) is 9.47 Å². The van der Waals surface area contributed by atoms with Gasteiger partial charge >= 0.3 is 6.03 Å². The fourth-order valence-corrected chi connectivity index (χ4v) is 6.21. The second-order valence-corrected chi connectivity index (χ2v) is 10.7. The van der Waals surface area contributed by atoms with Crippen LogP contribution in [0.5, 0.6) is 5.75 Å². The minimum atomic E-state index is -0.189. The zero-order chi connectivity index (χ0) is 28.2. The lowest BCUT2D eigenvalue weighted by Crippen LogP contribution is -2.72. The van der Waals surface area contributed by atoms with Crippen molar-refractivity contribution in [3.63, 3.8) is 0 Å². The maximum atomic E-state index is 13.6. The van der Waals surface area contributed by atoms with E-state index in [1.165, 1.54) is 5.56 Å². The van der Waals surface area contributed by atoms with Gasteiger partial charge in [0.25, 0.3) is 0 Å². The maximum absolute atomic E-state index is 13.6. The molecule has 3 saturated heterocycles. The fourth-order valence-electron chi connectivity index (χ4n) is 6.21. The van der Waals surface area contributed by atoms with Crippen molar-refractivity contribution in [3.8, 4) is 17.6 Å². The van der Waals surface area contributed by atoms with Gasteiger partial charge in [-0.1, -0.05) is 42.2 Å². The van der Waals surface area contributed by atoms with Gasteiger partial charge in [0.1, 0.15) is 11.9 Å². The molecule has 0 unspecified atom stereocenters. The zero-order valence-electron chi connectivity index (χ0n) is 23.2. The summed E-state index contributed by atoms with van der Waals surface area (Å²) >= 11 is 0. The molecule has 2 amide bonds. The van der Waals surface area contributed by atoms with Gasteiger partial charge in [0.2, 0.25) is 0 Å². The van der Waals surface area contributed by atoms with E-state index in [2.05, 4.69) is 46.3 Å². The molecule has 3 heterocycles. The van der Waals surface area contributed by atoms with Crippen LogP contribution in [0, 0.1) is 11.8 Å². The van der Waals surface area contributed by atoms with Gasteiger partial charge in [0.05, 0.1) is 33.0 Å². The van der Waals surface area contributed by atoms with Gasteiger partial charge in [-0.2, -0.15) is 0 Å². The average molecular weight is 553 g/mol. The molecule has 6 rings (SSSR count). The first-order valence-electron chi connectivity index (χ1n) is 14.2. The molecule has 3 aromatic rings. The first-order valence-corrected chi connectivity index (χ1v) is 14.2. The van der Waals surface area contributed by atoms with Crippen molar-refractivity contribution < 1.29 is 19.0 Å². The number of fused-ring (bicyclic) bond motifs is 2. The summed E-state index contributed by atoms with van der Waals surface area (Å²) in [5.41, 5.74) is 10.2. The number of nitrogens with one attached hydrogen (secondary N) is 1. The second kappa shape index (κ2) is 12.3. The SMILES string of the molecule is COc1ccc(NC(=O)N2C[C@H]3OCCO[C@H]3CN3[C@H](CN)[C@H](c4ccc(C#Cc5ccccc5)cc4)[C@@H]3C2)cc1. The monoisotopic (exact) mass is 552 g/mol. The van der Waals surface area contributed by atoms with Crippen molar-refractivity contribution in [2.45, 2.75) is 30.2 Å². The molecule has 3 N–H and O–H groups in total. The Morgan fingerprint density at radius 3 is 2.22 bits per heavy atom. The van der Waals surface area contributed by atoms with E-state index >= 15 is 0 Å². The quantitative estimate of drug-likeness (QED) is 0.482. The molecule has 0 bridgehead atoms. The number of hydrogen-bond acceptors (Lipinski definition) is 6. The third-order valence-corrected chi connectivity index (χ3v) is 8.33. The normalized spacial score (nSPS) is 25.7. The summed E-state index contributed by atoms with van der Waals surface area (Å²) in [7, 11) is 1.62. The highest BCUT2D eigenvalue weighted by molar-refractivity contribution is 5.89. The Balaban J connectivity index is 1.23. The summed E-state index contributed by atoms with van der Waals surface area (Å²) in [6.45, 7) is 3.37. The Morgan fingerprint density at radius 2 is 1.56 bits per heavy atom. The zero-order valence-corrected chi connectivity index (χ0v) is 23.2. The van der Waals surface area contributed by atoms with Crippen LogP contribution >= 0.6 is 0 Å². The van der Waals surface area contributed by atoms with Crippen molar-refractivity contribution in [1.29, 1.82) is 0 Å². The molecule has 0 spiro atoms. The third-order valence-electron chi connectivity index (χ3n) is 8.33. The number of ether oxygens (including phenoxy) is 3. The Morgan fingerprint density at radius 1 is 0.902 bits per heavy atom. The van der Waals surface area contributed by atoms with Crippen LogP contribution in [0.4, 0.5) is 10.5 Å². The minimum Gasteiger partial charge on any atom is -0.497 e. The smallest absolute Gasteiger partial charge is 0.321 e. The number of carbonyl (C=O) groups is 1. The lowest BCUT2D eigenvalue weighted by atomic mass is 9.73. The van der Waals surface area contributed by atoms with E-state index in [9.17, 15) is 4.79 Å². The van der Waals surface area contributed by atoms with Crippen LogP contribution in [0.25, 0.3) is 0 Å². The number of hydrogen-bond donors (Lipinski definition) is 2. The van der Waals surface area contributed by atoms with Crippen LogP contribution in [0.3, 0.4) is 0 Å². The molecule has 3 fully saturated rings. The van der Waals surface area contributed by atoms with Crippen LogP contribution < -0.4 is 15.8 Å². The molecule has 0 radical (unpaired) electrons. The molecule has 0 aromatic heterocycles. The predicted molar refractivity (Wildman–Crippen MR) is 158 cm³/mol. The first kappa shape index (κ1) is 27.3. The number of urea groups is 1. The van der Waals surface area contributed by atoms with Gasteiger partial charge in [-0.25, -0.2) is 4.79 Å². The number of rotatable bonds is 4. The first-order chi connectivity index (χ1) is 20.1. The molecule has 212 valence electrons. The van der Waals surface area contributed by atoms with Crippen LogP contribution in [0.2, 0.25) is 0 Å². The Kier molecular flexibility index (Phi) is 8.21. The number of amides is 2. The summed E-state index contributed by atoms with van der Waals surface area (Å²) in [4.78, 5) is 17.9. The minimum absolute atomic E-state index is 0.109.